The van der Waals surface area contributed by atoms with E-state index in [-0.39, 0.29) is 35.6 Å². The van der Waals surface area contributed by atoms with Crippen molar-refractivity contribution in [1.82, 2.24) is 10.6 Å². The molecular weight excluding hydrogens is 499 g/mol. The van der Waals surface area contributed by atoms with Gasteiger partial charge in [0.25, 0.3) is 11.8 Å². The van der Waals surface area contributed by atoms with Gasteiger partial charge in [-0.2, -0.15) is 0 Å². The van der Waals surface area contributed by atoms with Crippen LogP contribution < -0.4 is 10.6 Å². The Hall–Kier alpha value is -4.72. The summed E-state index contributed by atoms with van der Waals surface area (Å²) in [7, 11) is 2.82. The molecule has 0 aliphatic heterocycles. The third kappa shape index (κ3) is 5.18. The molecule has 4 aromatic rings. The molecule has 1 aromatic heterocycles. The van der Waals surface area contributed by atoms with E-state index in [4.69, 9.17) is 9.15 Å². The zero-order valence-corrected chi connectivity index (χ0v) is 21.6. The molecule has 2 N–H and O–H groups in total. The third-order valence-electron chi connectivity index (χ3n) is 6.88. The highest BCUT2D eigenvalue weighted by atomic mass is 19.1. The van der Waals surface area contributed by atoms with Gasteiger partial charge in [0.15, 0.2) is 0 Å². The van der Waals surface area contributed by atoms with Crippen molar-refractivity contribution in [3.05, 3.63) is 95.3 Å². The number of fused-ring (bicyclic) bond motifs is 1. The number of amides is 2. The summed E-state index contributed by atoms with van der Waals surface area (Å²) in [6.45, 7) is 3.92. The number of esters is 1. The van der Waals surface area contributed by atoms with Crippen LogP contribution in [0.15, 0.2) is 77.2 Å². The number of halogens is 1. The maximum atomic E-state index is 13.6. The average molecular weight is 527 g/mol. The lowest BCUT2D eigenvalue weighted by atomic mass is 9.87. The van der Waals surface area contributed by atoms with Crippen LogP contribution in [0.4, 0.5) is 4.39 Å². The molecule has 0 unspecified atom stereocenters. The van der Waals surface area contributed by atoms with Crippen molar-refractivity contribution in [3.63, 3.8) is 0 Å². The van der Waals surface area contributed by atoms with E-state index in [9.17, 15) is 18.8 Å². The Kier molecular flexibility index (Phi) is 7.02. The molecule has 1 aliphatic carbocycles. The second kappa shape index (κ2) is 10.6. The van der Waals surface area contributed by atoms with Crippen molar-refractivity contribution < 1.29 is 27.9 Å². The number of ether oxygens (including phenoxy) is 1. The minimum atomic E-state index is -0.452. The number of benzene rings is 3. The molecule has 5 rings (SSSR count). The maximum Gasteiger partial charge on any atom is 0.310 e. The highest BCUT2D eigenvalue weighted by Crippen LogP contribution is 2.38. The highest BCUT2D eigenvalue weighted by molar-refractivity contribution is 6.12. The minimum Gasteiger partial charge on any atom is -0.469 e. The molecular formula is C31H27FN2O5. The van der Waals surface area contributed by atoms with E-state index < -0.39 is 11.8 Å². The summed E-state index contributed by atoms with van der Waals surface area (Å²) in [6.07, 6.45) is 1.49. The molecule has 0 radical (unpaired) electrons. The van der Waals surface area contributed by atoms with E-state index in [1.165, 1.54) is 38.4 Å². The van der Waals surface area contributed by atoms with Crippen molar-refractivity contribution in [3.8, 4) is 22.5 Å². The largest absolute Gasteiger partial charge is 0.469 e. The molecule has 198 valence electrons. The number of rotatable bonds is 7. The van der Waals surface area contributed by atoms with Gasteiger partial charge in [0.2, 0.25) is 0 Å². The predicted octanol–water partition coefficient (Wildman–Crippen LogP) is 5.43. The maximum absolute atomic E-state index is 13.6. The summed E-state index contributed by atoms with van der Waals surface area (Å²) in [5, 5.41) is 6.18. The summed E-state index contributed by atoms with van der Waals surface area (Å²) in [4.78, 5) is 38.3. The fourth-order valence-electron chi connectivity index (χ4n) is 4.82. The van der Waals surface area contributed by atoms with Crippen molar-refractivity contribution in [2.45, 2.75) is 25.3 Å². The lowest BCUT2D eigenvalue weighted by Crippen LogP contribution is -2.40. The van der Waals surface area contributed by atoms with E-state index in [0.29, 0.717) is 38.8 Å². The van der Waals surface area contributed by atoms with E-state index in [2.05, 4.69) is 17.2 Å². The Bertz CT molecular complexity index is 1610. The number of furan rings is 1. The van der Waals surface area contributed by atoms with Gasteiger partial charge >= 0.3 is 5.97 Å². The van der Waals surface area contributed by atoms with Gasteiger partial charge in [0.05, 0.1) is 19.1 Å². The zero-order valence-electron chi connectivity index (χ0n) is 21.6. The van der Waals surface area contributed by atoms with Crippen LogP contribution in [-0.2, 0) is 16.0 Å². The van der Waals surface area contributed by atoms with Gasteiger partial charge in [-0.3, -0.25) is 14.4 Å². The van der Waals surface area contributed by atoms with Crippen LogP contribution in [0.2, 0.25) is 0 Å². The van der Waals surface area contributed by atoms with Gasteiger partial charge in [-0.05, 0) is 78.1 Å². The standard InChI is InChI=1S/C31H27FN2O5/c1-17-11-23(12-17)34-30(36)20-6-4-5-19(13-20)24-16-25-26(14-21(24)15-27(35)38-3)39-29(28(25)31(37)33-2)18-7-9-22(32)10-8-18/h4-10,13-14,16,23H,1,11-12,15H2,2-3H3,(H,33,37)(H,34,36). The number of carbonyl (C=O) groups excluding carboxylic acids is 3. The van der Waals surface area contributed by atoms with Crippen LogP contribution in [-0.4, -0.2) is 38.0 Å². The van der Waals surface area contributed by atoms with Crippen LogP contribution in [0.25, 0.3) is 33.4 Å². The molecule has 1 heterocycles. The van der Waals surface area contributed by atoms with Gasteiger partial charge < -0.3 is 19.8 Å². The van der Waals surface area contributed by atoms with Crippen molar-refractivity contribution in [2.24, 2.45) is 0 Å². The molecule has 1 fully saturated rings. The molecule has 3 aromatic carbocycles. The number of hydrogen-bond donors (Lipinski definition) is 2. The van der Waals surface area contributed by atoms with Crippen molar-refractivity contribution in [1.29, 1.82) is 0 Å². The van der Waals surface area contributed by atoms with E-state index in [1.54, 1.807) is 30.3 Å². The van der Waals surface area contributed by atoms with Gasteiger partial charge in [0, 0.05) is 29.6 Å². The number of carbonyl (C=O) groups is 3. The molecule has 7 nitrogen and oxygen atoms in total. The van der Waals surface area contributed by atoms with Crippen LogP contribution in [0.5, 0.6) is 0 Å². The van der Waals surface area contributed by atoms with Crippen LogP contribution in [0, 0.1) is 5.82 Å². The fraction of sp³-hybridized carbons (Fsp3) is 0.194. The second-order valence-corrected chi connectivity index (χ2v) is 9.56. The SMILES string of the molecule is C=C1CC(NC(=O)c2cccc(-c3cc4c(C(=O)NC)c(-c5ccc(F)cc5)oc4cc3CC(=O)OC)c2)C1. The van der Waals surface area contributed by atoms with E-state index >= 15 is 0 Å². The lowest BCUT2D eigenvalue weighted by molar-refractivity contribution is -0.139. The molecule has 1 saturated carbocycles. The number of methoxy groups -OCH3 is 1. The molecule has 0 saturated heterocycles. The summed E-state index contributed by atoms with van der Waals surface area (Å²) < 4.78 is 24.6. The smallest absolute Gasteiger partial charge is 0.310 e. The van der Waals surface area contributed by atoms with Gasteiger partial charge in [0.1, 0.15) is 17.2 Å². The van der Waals surface area contributed by atoms with Crippen molar-refractivity contribution >= 4 is 28.8 Å². The summed E-state index contributed by atoms with van der Waals surface area (Å²) in [5.41, 5.74) is 4.72. The molecule has 1 aliphatic rings. The first-order valence-corrected chi connectivity index (χ1v) is 12.5. The Morgan fingerprint density at radius 3 is 2.44 bits per heavy atom. The highest BCUT2D eigenvalue weighted by Gasteiger charge is 2.26. The first-order chi connectivity index (χ1) is 18.8. The van der Waals surface area contributed by atoms with Crippen LogP contribution >= 0.6 is 0 Å². The third-order valence-corrected chi connectivity index (χ3v) is 6.88. The van der Waals surface area contributed by atoms with E-state index in [0.717, 1.165) is 18.4 Å². The summed E-state index contributed by atoms with van der Waals surface area (Å²) in [6, 6.07) is 16.3. The fourth-order valence-corrected chi connectivity index (χ4v) is 4.82. The van der Waals surface area contributed by atoms with Crippen LogP contribution in [0.3, 0.4) is 0 Å². The summed E-state index contributed by atoms with van der Waals surface area (Å²) in [5.74, 6) is -1.16. The van der Waals surface area contributed by atoms with Crippen LogP contribution in [0.1, 0.15) is 39.1 Å². The number of nitrogens with one attached hydrogen (secondary N) is 2. The lowest BCUT2D eigenvalue weighted by Gasteiger charge is -2.29. The first-order valence-electron chi connectivity index (χ1n) is 12.5. The molecule has 2 amide bonds. The van der Waals surface area contributed by atoms with E-state index in [1.807, 2.05) is 6.07 Å². The molecule has 0 bridgehead atoms. The quantitative estimate of drug-likeness (QED) is 0.247. The molecule has 0 atom stereocenters. The molecule has 0 spiro atoms. The Morgan fingerprint density at radius 1 is 1.03 bits per heavy atom. The van der Waals surface area contributed by atoms with Gasteiger partial charge in [-0.15, -0.1) is 0 Å². The molecule has 39 heavy (non-hydrogen) atoms. The Labute approximate surface area is 224 Å². The van der Waals surface area contributed by atoms with Gasteiger partial charge in [-0.25, -0.2) is 4.39 Å². The number of hydrogen-bond acceptors (Lipinski definition) is 5. The average Bonchev–Trinajstić information content (AvgIpc) is 3.30. The molecule has 8 heteroatoms. The minimum absolute atomic E-state index is 0.0513. The second-order valence-electron chi connectivity index (χ2n) is 9.56. The van der Waals surface area contributed by atoms with Gasteiger partial charge in [-0.1, -0.05) is 24.3 Å². The zero-order chi connectivity index (χ0) is 27.7. The Morgan fingerprint density at radius 2 is 1.77 bits per heavy atom. The Balaban J connectivity index is 1.65. The predicted molar refractivity (Wildman–Crippen MR) is 146 cm³/mol. The monoisotopic (exact) mass is 526 g/mol. The topological polar surface area (TPSA) is 97.6 Å². The first kappa shape index (κ1) is 25.9. The van der Waals surface area contributed by atoms with Crippen molar-refractivity contribution in [2.75, 3.05) is 14.2 Å². The summed E-state index contributed by atoms with van der Waals surface area (Å²) >= 11 is 0. The normalized spacial score (nSPS) is 13.2.